The Balaban J connectivity index is 2.23. The molecule has 0 aromatic carbocycles. The largest absolute Gasteiger partial charge is 0.499 e. The maximum Gasteiger partial charge on any atom is 0.499 e. The molecule has 1 fully saturated rings. The van der Waals surface area contributed by atoms with E-state index in [1.807, 2.05) is 0 Å². The first-order chi connectivity index (χ1) is 7.08. The molecule has 1 aliphatic rings. The van der Waals surface area contributed by atoms with Gasteiger partial charge in [0.05, 0.1) is 0 Å². The van der Waals surface area contributed by atoms with E-state index in [0.29, 0.717) is 9.65 Å². The second kappa shape index (κ2) is 3.65. The summed E-state index contributed by atoms with van der Waals surface area (Å²) in [6, 6.07) is 1.82. The quantitative estimate of drug-likeness (QED) is 0.357. The second-order valence-corrected chi connectivity index (χ2v) is 4.16. The molecule has 8 heteroatoms. The Labute approximate surface area is 89.1 Å². The van der Waals surface area contributed by atoms with Crippen molar-refractivity contribution in [3.05, 3.63) is 17.0 Å². The fourth-order valence-electron chi connectivity index (χ4n) is 1.28. The Hall–Kier alpha value is -1.38. The van der Waals surface area contributed by atoms with Crippen molar-refractivity contribution >= 4 is 35.2 Å². The Morgan fingerprint density at radius 2 is 2.07 bits per heavy atom. The Morgan fingerprint density at radius 3 is 2.53 bits per heavy atom. The van der Waals surface area contributed by atoms with E-state index in [9.17, 15) is 9.59 Å². The number of hydrogen-bond acceptors (Lipinski definition) is 5. The van der Waals surface area contributed by atoms with Crippen LogP contribution >= 0.6 is 11.3 Å². The topological polar surface area (TPSA) is 98.7 Å². The lowest BCUT2D eigenvalue weighted by molar-refractivity contribution is -0.120. The van der Waals surface area contributed by atoms with E-state index < -0.39 is 25.1 Å². The molecular weight excluding hydrogens is 219 g/mol. The van der Waals surface area contributed by atoms with Gasteiger partial charge >= 0.3 is 13.1 Å². The Kier molecular flexibility index (Phi) is 2.47. The predicted octanol–water partition coefficient (Wildman–Crippen LogP) is -1.69. The van der Waals surface area contributed by atoms with Crippen molar-refractivity contribution in [1.82, 2.24) is 10.6 Å². The first-order valence-electron chi connectivity index (χ1n) is 4.15. The van der Waals surface area contributed by atoms with Crippen molar-refractivity contribution in [2.45, 2.75) is 6.04 Å². The number of rotatable bonds is 2. The average molecular weight is 226 g/mol. The van der Waals surface area contributed by atoms with E-state index in [4.69, 9.17) is 10.0 Å². The van der Waals surface area contributed by atoms with Crippen molar-refractivity contribution < 1.29 is 19.6 Å². The van der Waals surface area contributed by atoms with Crippen molar-refractivity contribution in [2.75, 3.05) is 0 Å². The average Bonchev–Trinajstić information content (AvgIpc) is 2.71. The van der Waals surface area contributed by atoms with Gasteiger partial charge in [-0.05, 0) is 6.07 Å². The van der Waals surface area contributed by atoms with Gasteiger partial charge in [-0.15, -0.1) is 11.3 Å². The van der Waals surface area contributed by atoms with E-state index in [0.717, 1.165) is 11.3 Å². The van der Waals surface area contributed by atoms with Crippen LogP contribution in [0.1, 0.15) is 10.9 Å². The molecule has 2 rings (SSSR count). The molecule has 0 bridgehead atoms. The van der Waals surface area contributed by atoms with Crippen LogP contribution < -0.4 is 15.4 Å². The molecule has 1 saturated heterocycles. The van der Waals surface area contributed by atoms with Crippen LogP contribution in [0, 0.1) is 0 Å². The summed E-state index contributed by atoms with van der Waals surface area (Å²) in [7, 11) is -1.55. The van der Waals surface area contributed by atoms with Crippen LogP contribution in [0.25, 0.3) is 0 Å². The van der Waals surface area contributed by atoms with Crippen molar-refractivity contribution in [1.29, 1.82) is 0 Å². The number of amides is 3. The van der Waals surface area contributed by atoms with Crippen LogP contribution in [0.4, 0.5) is 4.79 Å². The van der Waals surface area contributed by atoms with Crippen LogP contribution in [0.3, 0.4) is 0 Å². The standard InChI is InChI=1S/C7H7BN2O4S/c11-6-5(9-7(12)10-6)3-1-2-4(15-3)8(13)14/h1-2,5,13-14H,(H2,9,10,11,12)/t5-/m1/s1. The summed E-state index contributed by atoms with van der Waals surface area (Å²) < 4.78 is 0.332. The molecule has 15 heavy (non-hydrogen) atoms. The van der Waals surface area contributed by atoms with Gasteiger partial charge in [0.25, 0.3) is 5.91 Å². The molecule has 0 saturated carbocycles. The van der Waals surface area contributed by atoms with Crippen LogP contribution in [-0.4, -0.2) is 29.1 Å². The number of nitrogens with one attached hydrogen (secondary N) is 2. The SMILES string of the molecule is O=C1NC(=O)[C@@H](c2ccc(B(O)O)s2)N1. The van der Waals surface area contributed by atoms with E-state index in [2.05, 4.69) is 10.6 Å². The molecular formula is C7H7BN2O4S. The number of hydrogen-bond donors (Lipinski definition) is 4. The summed E-state index contributed by atoms with van der Waals surface area (Å²) in [5.41, 5.74) is 0. The summed E-state index contributed by atoms with van der Waals surface area (Å²) in [6.45, 7) is 0. The molecule has 1 aromatic heterocycles. The normalized spacial score (nSPS) is 20.0. The van der Waals surface area contributed by atoms with E-state index in [1.54, 1.807) is 6.07 Å². The maximum atomic E-state index is 11.3. The van der Waals surface area contributed by atoms with Gasteiger partial charge in [0.1, 0.15) is 6.04 Å². The highest BCUT2D eigenvalue weighted by atomic mass is 32.1. The maximum absolute atomic E-state index is 11.3. The van der Waals surface area contributed by atoms with Gasteiger partial charge in [-0.3, -0.25) is 10.1 Å². The summed E-state index contributed by atoms with van der Waals surface area (Å²) in [4.78, 5) is 22.7. The zero-order valence-corrected chi connectivity index (χ0v) is 8.25. The van der Waals surface area contributed by atoms with Gasteiger partial charge in [0.15, 0.2) is 0 Å². The van der Waals surface area contributed by atoms with E-state index in [1.165, 1.54) is 6.07 Å². The number of urea groups is 1. The van der Waals surface area contributed by atoms with Gasteiger partial charge < -0.3 is 15.4 Å². The summed E-state index contributed by atoms with van der Waals surface area (Å²) in [5.74, 6) is -0.430. The molecule has 0 aliphatic carbocycles. The molecule has 6 nitrogen and oxygen atoms in total. The summed E-state index contributed by atoms with van der Waals surface area (Å²) in [6.07, 6.45) is 0. The molecule has 3 amide bonds. The smallest absolute Gasteiger partial charge is 0.423 e. The lowest BCUT2D eigenvalue weighted by atomic mass is 9.90. The number of imide groups is 1. The first-order valence-corrected chi connectivity index (χ1v) is 4.96. The van der Waals surface area contributed by atoms with E-state index >= 15 is 0 Å². The highest BCUT2D eigenvalue weighted by Crippen LogP contribution is 2.20. The van der Waals surface area contributed by atoms with Gasteiger partial charge in [0, 0.05) is 9.65 Å². The van der Waals surface area contributed by atoms with Gasteiger partial charge in [-0.2, -0.15) is 0 Å². The lowest BCUT2D eigenvalue weighted by Crippen LogP contribution is -2.26. The third kappa shape index (κ3) is 1.87. The van der Waals surface area contributed by atoms with Crippen molar-refractivity contribution in [3.8, 4) is 0 Å². The van der Waals surface area contributed by atoms with Crippen LogP contribution in [0.2, 0.25) is 0 Å². The van der Waals surface area contributed by atoms with Gasteiger partial charge in [-0.1, -0.05) is 6.07 Å². The van der Waals surface area contributed by atoms with Crippen LogP contribution in [0.5, 0.6) is 0 Å². The fourth-order valence-corrected chi connectivity index (χ4v) is 2.21. The fraction of sp³-hybridized carbons (Fsp3) is 0.143. The number of carbonyl (C=O) groups excluding carboxylic acids is 2. The third-order valence-corrected chi connectivity index (χ3v) is 3.15. The monoisotopic (exact) mass is 226 g/mol. The molecule has 1 aromatic rings. The molecule has 1 aliphatic heterocycles. The number of thiophene rings is 1. The minimum absolute atomic E-state index is 0.332. The third-order valence-electron chi connectivity index (χ3n) is 1.96. The van der Waals surface area contributed by atoms with E-state index in [-0.39, 0.29) is 0 Å². The van der Waals surface area contributed by atoms with Crippen molar-refractivity contribution in [3.63, 3.8) is 0 Å². The van der Waals surface area contributed by atoms with Crippen LogP contribution in [-0.2, 0) is 4.79 Å². The minimum atomic E-state index is -1.55. The summed E-state index contributed by atoms with van der Waals surface area (Å²) in [5, 5.41) is 22.3. The Morgan fingerprint density at radius 1 is 1.33 bits per heavy atom. The molecule has 0 spiro atoms. The second-order valence-electron chi connectivity index (χ2n) is 3.01. The Bertz CT molecular complexity index is 419. The minimum Gasteiger partial charge on any atom is -0.423 e. The molecule has 2 heterocycles. The molecule has 0 radical (unpaired) electrons. The highest BCUT2D eigenvalue weighted by Gasteiger charge is 2.32. The van der Waals surface area contributed by atoms with Crippen molar-refractivity contribution in [2.24, 2.45) is 0 Å². The van der Waals surface area contributed by atoms with Gasteiger partial charge in [0.2, 0.25) is 0 Å². The molecule has 78 valence electrons. The zero-order chi connectivity index (χ0) is 11.0. The molecule has 4 N–H and O–H groups in total. The van der Waals surface area contributed by atoms with Gasteiger partial charge in [-0.25, -0.2) is 4.79 Å². The number of carbonyl (C=O) groups is 2. The lowest BCUT2D eigenvalue weighted by Gasteiger charge is -2.02. The predicted molar refractivity (Wildman–Crippen MR) is 53.6 cm³/mol. The summed E-state index contributed by atoms with van der Waals surface area (Å²) >= 11 is 1.07. The molecule has 1 atom stereocenters. The molecule has 0 unspecified atom stereocenters. The highest BCUT2D eigenvalue weighted by molar-refractivity contribution is 7.22. The zero-order valence-electron chi connectivity index (χ0n) is 7.43. The van der Waals surface area contributed by atoms with Crippen LogP contribution in [0.15, 0.2) is 12.1 Å². The first kappa shape index (κ1) is 10.2.